The number of hydrogen-bond donors (Lipinski definition) is 1. The number of halogens is 4. The van der Waals surface area contributed by atoms with Crippen LogP contribution in [0.1, 0.15) is 15.9 Å². The van der Waals surface area contributed by atoms with Crippen LogP contribution < -0.4 is 0 Å². The van der Waals surface area contributed by atoms with Crippen molar-refractivity contribution in [2.75, 3.05) is 13.6 Å². The third kappa shape index (κ3) is 3.95. The minimum absolute atomic E-state index is 0.178. The number of carbonyl (C=O) groups excluding carboxylic acids is 1. The molecular weight excluding hydrogens is 331 g/mol. The van der Waals surface area contributed by atoms with Crippen molar-refractivity contribution in [3.05, 3.63) is 33.8 Å². The van der Waals surface area contributed by atoms with Crippen LogP contribution in [0.4, 0.5) is 13.2 Å². The lowest BCUT2D eigenvalue weighted by Gasteiger charge is -2.18. The fourth-order valence-electron chi connectivity index (χ4n) is 1.42. The Labute approximate surface area is 114 Å². The van der Waals surface area contributed by atoms with Crippen LogP contribution in [0.25, 0.3) is 0 Å². The summed E-state index contributed by atoms with van der Waals surface area (Å²) in [6.07, 6.45) is -4.70. The maximum atomic E-state index is 12.8. The van der Waals surface area contributed by atoms with E-state index in [9.17, 15) is 22.8 Å². The molecule has 0 aliphatic heterocycles. The third-order valence-electron chi connectivity index (χ3n) is 2.24. The van der Waals surface area contributed by atoms with Gasteiger partial charge in [0.2, 0.25) is 0 Å². The van der Waals surface area contributed by atoms with E-state index in [-0.39, 0.29) is 4.47 Å². The fourth-order valence-corrected chi connectivity index (χ4v) is 1.78. The second-order valence-electron chi connectivity index (χ2n) is 3.74. The molecule has 4 nitrogen and oxygen atoms in total. The summed E-state index contributed by atoms with van der Waals surface area (Å²) in [5, 5.41) is 8.53. The molecule has 1 rings (SSSR count). The van der Waals surface area contributed by atoms with Crippen LogP contribution in [0.15, 0.2) is 22.7 Å². The van der Waals surface area contributed by atoms with E-state index in [0.717, 1.165) is 19.2 Å². The van der Waals surface area contributed by atoms with E-state index >= 15 is 0 Å². The Bertz CT molecular complexity index is 516. The standard InChI is InChI=1S/C11H9BrF3NO3/c1-16(5-9(17)18)10(19)7-3-2-6(12)4-8(7)11(13,14)15/h2-4H,5H2,1H3,(H,17,18). The quantitative estimate of drug-likeness (QED) is 0.920. The van der Waals surface area contributed by atoms with Crippen molar-refractivity contribution in [2.24, 2.45) is 0 Å². The first-order valence-electron chi connectivity index (χ1n) is 4.97. The minimum Gasteiger partial charge on any atom is -0.480 e. The summed E-state index contributed by atoms with van der Waals surface area (Å²) >= 11 is 2.90. The lowest BCUT2D eigenvalue weighted by atomic mass is 10.1. The topological polar surface area (TPSA) is 57.6 Å². The molecule has 0 aliphatic carbocycles. The third-order valence-corrected chi connectivity index (χ3v) is 2.73. The Hall–Kier alpha value is -1.57. The van der Waals surface area contributed by atoms with Gasteiger partial charge in [-0.25, -0.2) is 0 Å². The van der Waals surface area contributed by atoms with E-state index in [1.807, 2.05) is 0 Å². The van der Waals surface area contributed by atoms with Crippen molar-refractivity contribution < 1.29 is 27.9 Å². The second kappa shape index (κ2) is 5.60. The van der Waals surface area contributed by atoms with Gasteiger partial charge in [-0.05, 0) is 18.2 Å². The molecule has 0 atom stereocenters. The largest absolute Gasteiger partial charge is 0.480 e. The number of benzene rings is 1. The highest BCUT2D eigenvalue weighted by atomic mass is 79.9. The molecule has 0 saturated carbocycles. The van der Waals surface area contributed by atoms with Gasteiger partial charge in [0.05, 0.1) is 11.1 Å². The van der Waals surface area contributed by atoms with Crippen LogP contribution in [0, 0.1) is 0 Å². The predicted octanol–water partition coefficient (Wildman–Crippen LogP) is 2.62. The maximum absolute atomic E-state index is 12.8. The van der Waals surface area contributed by atoms with Crippen LogP contribution in [-0.2, 0) is 11.0 Å². The van der Waals surface area contributed by atoms with Crippen LogP contribution in [0.3, 0.4) is 0 Å². The number of hydrogen-bond acceptors (Lipinski definition) is 2. The predicted molar refractivity (Wildman–Crippen MR) is 63.7 cm³/mol. The van der Waals surface area contributed by atoms with Crippen molar-refractivity contribution in [3.63, 3.8) is 0 Å². The summed E-state index contributed by atoms with van der Waals surface area (Å²) in [7, 11) is 1.12. The number of carboxylic acid groups (broad SMARTS) is 1. The second-order valence-corrected chi connectivity index (χ2v) is 4.66. The molecule has 8 heteroatoms. The van der Waals surface area contributed by atoms with E-state index in [1.54, 1.807) is 0 Å². The zero-order valence-electron chi connectivity index (χ0n) is 9.66. The Balaban J connectivity index is 3.20. The molecule has 0 unspecified atom stereocenters. The first-order valence-corrected chi connectivity index (χ1v) is 5.76. The average molecular weight is 340 g/mol. The lowest BCUT2D eigenvalue weighted by Crippen LogP contribution is -2.33. The van der Waals surface area contributed by atoms with Crippen molar-refractivity contribution in [1.82, 2.24) is 4.90 Å². The number of alkyl halides is 3. The summed E-state index contributed by atoms with van der Waals surface area (Å²) in [5.41, 5.74) is -1.69. The summed E-state index contributed by atoms with van der Waals surface area (Å²) < 4.78 is 38.6. The Morgan fingerprint density at radius 1 is 1.37 bits per heavy atom. The smallest absolute Gasteiger partial charge is 0.417 e. The molecule has 0 bridgehead atoms. The molecular formula is C11H9BrF3NO3. The number of carboxylic acids is 1. The highest BCUT2D eigenvalue weighted by Gasteiger charge is 2.36. The van der Waals surface area contributed by atoms with E-state index < -0.39 is 35.7 Å². The first-order chi connectivity index (χ1) is 8.62. The van der Waals surface area contributed by atoms with Crippen molar-refractivity contribution in [3.8, 4) is 0 Å². The molecule has 1 amide bonds. The Morgan fingerprint density at radius 3 is 2.42 bits per heavy atom. The molecule has 1 N–H and O–H groups in total. The average Bonchev–Trinajstić information content (AvgIpc) is 2.25. The van der Waals surface area contributed by atoms with E-state index in [4.69, 9.17) is 5.11 Å². The highest BCUT2D eigenvalue weighted by molar-refractivity contribution is 9.10. The maximum Gasteiger partial charge on any atom is 0.417 e. The number of carbonyl (C=O) groups is 2. The van der Waals surface area contributed by atoms with Crippen molar-refractivity contribution in [1.29, 1.82) is 0 Å². The van der Waals surface area contributed by atoms with Gasteiger partial charge in [0.15, 0.2) is 0 Å². The number of nitrogens with zero attached hydrogens (tertiary/aromatic N) is 1. The van der Waals surface area contributed by atoms with Crippen molar-refractivity contribution >= 4 is 27.8 Å². The van der Waals surface area contributed by atoms with Gasteiger partial charge in [-0.2, -0.15) is 13.2 Å². The zero-order chi connectivity index (χ0) is 14.8. The summed E-state index contributed by atoms with van der Waals surface area (Å²) in [6.45, 7) is -0.674. The molecule has 19 heavy (non-hydrogen) atoms. The zero-order valence-corrected chi connectivity index (χ0v) is 11.2. The van der Waals surface area contributed by atoms with E-state index in [0.29, 0.717) is 4.90 Å². The molecule has 1 aromatic carbocycles. The molecule has 1 aromatic rings. The van der Waals surface area contributed by atoms with Crippen LogP contribution >= 0.6 is 15.9 Å². The SMILES string of the molecule is CN(CC(=O)O)C(=O)c1ccc(Br)cc1C(F)(F)F. The molecule has 0 spiro atoms. The lowest BCUT2D eigenvalue weighted by molar-refractivity contribution is -0.138. The van der Waals surface area contributed by atoms with E-state index in [2.05, 4.69) is 15.9 Å². The van der Waals surface area contributed by atoms with Gasteiger partial charge >= 0.3 is 12.1 Å². The van der Waals surface area contributed by atoms with E-state index in [1.165, 1.54) is 6.07 Å². The summed E-state index contributed by atoms with van der Waals surface area (Å²) in [6, 6.07) is 3.08. The molecule has 0 fully saturated rings. The molecule has 0 aliphatic rings. The molecule has 104 valence electrons. The monoisotopic (exact) mass is 339 g/mol. The van der Waals surface area contributed by atoms with Gasteiger partial charge in [0.1, 0.15) is 6.54 Å². The van der Waals surface area contributed by atoms with Gasteiger partial charge in [-0.3, -0.25) is 9.59 Å². The van der Waals surface area contributed by atoms with Crippen LogP contribution in [-0.4, -0.2) is 35.5 Å². The molecule has 0 heterocycles. The van der Waals surface area contributed by atoms with Gasteiger partial charge < -0.3 is 10.0 Å². The normalized spacial score (nSPS) is 11.2. The minimum atomic E-state index is -4.70. The van der Waals surface area contributed by atoms with Gasteiger partial charge in [-0.1, -0.05) is 15.9 Å². The van der Waals surface area contributed by atoms with Crippen LogP contribution in [0.5, 0.6) is 0 Å². The van der Waals surface area contributed by atoms with Gasteiger partial charge in [0.25, 0.3) is 5.91 Å². The first kappa shape index (κ1) is 15.5. The van der Waals surface area contributed by atoms with Crippen molar-refractivity contribution in [2.45, 2.75) is 6.18 Å². The fraction of sp³-hybridized carbons (Fsp3) is 0.273. The van der Waals surface area contributed by atoms with Gasteiger partial charge in [-0.15, -0.1) is 0 Å². The summed E-state index contributed by atoms with van der Waals surface area (Å²) in [4.78, 5) is 23.0. The number of aliphatic carboxylic acids is 1. The molecule has 0 saturated heterocycles. The van der Waals surface area contributed by atoms with Crippen LogP contribution in [0.2, 0.25) is 0 Å². The Morgan fingerprint density at radius 2 is 1.95 bits per heavy atom. The number of rotatable bonds is 3. The molecule has 0 aromatic heterocycles. The van der Waals surface area contributed by atoms with Gasteiger partial charge in [0, 0.05) is 11.5 Å². The molecule has 0 radical (unpaired) electrons. The number of amides is 1. The Kier molecular flexibility index (Phi) is 4.56. The summed E-state index contributed by atoms with van der Waals surface area (Å²) in [5.74, 6) is -2.30. The highest BCUT2D eigenvalue weighted by Crippen LogP contribution is 2.34. The number of likely N-dealkylation sites (N-methyl/N-ethyl adjacent to an activating group) is 1.